The van der Waals surface area contributed by atoms with Crippen LogP contribution in [0.4, 0.5) is 16.2 Å². The van der Waals surface area contributed by atoms with Crippen molar-refractivity contribution in [3.05, 3.63) is 59.7 Å². The number of likely N-dealkylation sites (tertiary alicyclic amines) is 1. The van der Waals surface area contributed by atoms with Crippen molar-refractivity contribution in [2.75, 3.05) is 36.1 Å². The molecule has 3 fully saturated rings. The third-order valence-corrected chi connectivity index (χ3v) is 8.46. The molecule has 2 aromatic rings. The highest BCUT2D eigenvalue weighted by molar-refractivity contribution is 6.07. The van der Waals surface area contributed by atoms with E-state index in [1.165, 1.54) is 0 Å². The maximum atomic E-state index is 14.2. The van der Waals surface area contributed by atoms with E-state index in [2.05, 4.69) is 0 Å². The molecule has 2 aromatic carbocycles. The number of carbonyl (C=O) groups excluding carboxylic acids is 3. The van der Waals surface area contributed by atoms with Crippen molar-refractivity contribution in [1.29, 1.82) is 0 Å². The third kappa shape index (κ3) is 3.96. The lowest BCUT2D eigenvalue weighted by Gasteiger charge is -2.29. The fraction of sp³-hybridized carbons (Fsp3) is 0.483. The fourth-order valence-corrected chi connectivity index (χ4v) is 6.61. The first kappa shape index (κ1) is 24.9. The van der Waals surface area contributed by atoms with Crippen LogP contribution < -0.4 is 9.80 Å². The van der Waals surface area contributed by atoms with Crippen molar-refractivity contribution in [1.82, 2.24) is 4.90 Å². The van der Waals surface area contributed by atoms with E-state index in [1.54, 1.807) is 14.7 Å². The average Bonchev–Trinajstić information content (AvgIpc) is 3.69. The largest absolute Gasteiger partial charge is 0.447 e. The van der Waals surface area contributed by atoms with E-state index in [9.17, 15) is 19.5 Å². The summed E-state index contributed by atoms with van der Waals surface area (Å²) in [7, 11) is 0. The first-order chi connectivity index (χ1) is 18.4. The molecule has 9 heteroatoms. The topological polar surface area (TPSA) is 99.6 Å². The lowest BCUT2D eigenvalue weighted by atomic mass is 9.83. The van der Waals surface area contributed by atoms with Crippen molar-refractivity contribution < 1.29 is 29.0 Å². The van der Waals surface area contributed by atoms with E-state index >= 15 is 0 Å². The average molecular weight is 520 g/mol. The quantitative estimate of drug-likeness (QED) is 0.630. The molecule has 0 unspecified atom stereocenters. The van der Waals surface area contributed by atoms with Crippen LogP contribution in [-0.4, -0.2) is 66.4 Å². The summed E-state index contributed by atoms with van der Waals surface area (Å²) in [6.07, 6.45) is 1.77. The summed E-state index contributed by atoms with van der Waals surface area (Å²) < 4.78 is 11.7. The molecule has 3 amide bonds. The van der Waals surface area contributed by atoms with Crippen LogP contribution in [0.2, 0.25) is 0 Å². The van der Waals surface area contributed by atoms with Gasteiger partial charge in [-0.25, -0.2) is 4.79 Å². The van der Waals surface area contributed by atoms with Gasteiger partial charge in [-0.1, -0.05) is 37.3 Å². The number of nitrogens with zero attached hydrogens (tertiary/aromatic N) is 3. The predicted octanol–water partition coefficient (Wildman–Crippen LogP) is 3.18. The van der Waals surface area contributed by atoms with Crippen molar-refractivity contribution in [2.45, 2.75) is 56.9 Å². The minimum Gasteiger partial charge on any atom is -0.447 e. The second-order valence-corrected chi connectivity index (χ2v) is 10.7. The van der Waals surface area contributed by atoms with E-state index in [1.807, 2.05) is 55.5 Å². The van der Waals surface area contributed by atoms with Crippen molar-refractivity contribution in [3.8, 4) is 0 Å². The van der Waals surface area contributed by atoms with Crippen LogP contribution in [0.3, 0.4) is 0 Å². The van der Waals surface area contributed by atoms with E-state index in [0.29, 0.717) is 32.7 Å². The first-order valence-electron chi connectivity index (χ1n) is 13.4. The molecule has 6 rings (SSSR count). The van der Waals surface area contributed by atoms with E-state index in [-0.39, 0.29) is 49.0 Å². The molecule has 3 saturated heterocycles. The SMILES string of the molecule is C[C@H]1C[C@@H](CC(=O)N2CCC[C@H]2CO)O[C@]12C(=O)N(Cc1cccc(N3CCOC3=O)c1)c1ccccc12. The van der Waals surface area contributed by atoms with Gasteiger partial charge >= 0.3 is 6.09 Å². The number of carbonyl (C=O) groups is 3. The number of rotatable bonds is 6. The van der Waals surface area contributed by atoms with E-state index < -0.39 is 5.60 Å². The molecule has 0 saturated carbocycles. The normalized spacial score (nSPS) is 28.5. The Morgan fingerprint density at radius 2 is 1.97 bits per heavy atom. The van der Waals surface area contributed by atoms with E-state index in [0.717, 1.165) is 35.3 Å². The molecule has 1 N–H and O–H groups in total. The van der Waals surface area contributed by atoms with Gasteiger partial charge < -0.3 is 24.4 Å². The predicted molar refractivity (Wildman–Crippen MR) is 140 cm³/mol. The van der Waals surface area contributed by atoms with Gasteiger partial charge in [0.25, 0.3) is 5.91 Å². The summed E-state index contributed by atoms with van der Waals surface area (Å²) in [5.74, 6) is -0.262. The standard InChI is InChI=1S/C29H33N3O6/c1-19-14-23(16-26(34)30-11-5-8-22(30)18-33)38-29(19)24-9-2-3-10-25(24)32(27(29)35)17-20-6-4-7-21(15-20)31-12-13-37-28(31)36/h2-4,6-7,9-10,15,19,22-23,33H,5,8,11-14,16-18H2,1H3/t19-,22-,23-,29+/m0/s1. The Kier molecular flexibility index (Phi) is 6.36. The maximum Gasteiger partial charge on any atom is 0.414 e. The summed E-state index contributed by atoms with van der Waals surface area (Å²) in [5.41, 5.74) is 2.14. The van der Waals surface area contributed by atoms with Crippen LogP contribution in [0, 0.1) is 5.92 Å². The van der Waals surface area contributed by atoms with Gasteiger partial charge in [0, 0.05) is 23.7 Å². The van der Waals surface area contributed by atoms with Gasteiger partial charge in [0.1, 0.15) is 6.61 Å². The number of hydrogen-bond donors (Lipinski definition) is 1. The number of benzene rings is 2. The summed E-state index contributed by atoms with van der Waals surface area (Å²) in [4.78, 5) is 44.4. The van der Waals surface area contributed by atoms with Gasteiger partial charge in [-0.15, -0.1) is 0 Å². The molecule has 38 heavy (non-hydrogen) atoms. The molecule has 1 spiro atoms. The molecule has 0 radical (unpaired) electrons. The zero-order valence-electron chi connectivity index (χ0n) is 21.5. The van der Waals surface area contributed by atoms with Gasteiger partial charge in [-0.2, -0.15) is 0 Å². The number of aliphatic hydroxyl groups excluding tert-OH is 1. The Balaban J connectivity index is 1.24. The number of amides is 3. The monoisotopic (exact) mass is 519 g/mol. The minimum atomic E-state index is -1.14. The Bertz CT molecular complexity index is 1270. The number of anilines is 2. The lowest BCUT2D eigenvalue weighted by Crippen LogP contribution is -2.44. The number of aliphatic hydroxyl groups is 1. The highest BCUT2D eigenvalue weighted by atomic mass is 16.6. The number of para-hydroxylation sites is 1. The number of cyclic esters (lactones) is 1. The maximum absolute atomic E-state index is 14.2. The van der Waals surface area contributed by atoms with Crippen molar-refractivity contribution in [3.63, 3.8) is 0 Å². The smallest absolute Gasteiger partial charge is 0.414 e. The number of fused-ring (bicyclic) bond motifs is 2. The Hall–Kier alpha value is -3.43. The molecule has 4 aliphatic rings. The van der Waals surface area contributed by atoms with Crippen LogP contribution in [-0.2, 0) is 31.2 Å². The molecule has 200 valence electrons. The zero-order chi connectivity index (χ0) is 26.4. The molecular weight excluding hydrogens is 486 g/mol. The Morgan fingerprint density at radius 3 is 2.76 bits per heavy atom. The van der Waals surface area contributed by atoms with E-state index in [4.69, 9.17) is 9.47 Å². The van der Waals surface area contributed by atoms with Crippen LogP contribution >= 0.6 is 0 Å². The zero-order valence-corrected chi connectivity index (χ0v) is 21.5. The summed E-state index contributed by atoms with van der Waals surface area (Å²) in [6.45, 7) is 3.84. The number of hydrogen-bond acceptors (Lipinski definition) is 6. The molecule has 9 nitrogen and oxygen atoms in total. The summed E-state index contributed by atoms with van der Waals surface area (Å²) in [6, 6.07) is 15.2. The second kappa shape index (κ2) is 9.71. The van der Waals surface area contributed by atoms with Crippen molar-refractivity contribution >= 4 is 29.3 Å². The Morgan fingerprint density at radius 1 is 1.13 bits per heavy atom. The summed E-state index contributed by atoms with van der Waals surface area (Å²) >= 11 is 0. The molecule has 0 bridgehead atoms. The highest BCUT2D eigenvalue weighted by Gasteiger charge is 2.60. The van der Waals surface area contributed by atoms with Crippen molar-refractivity contribution in [2.24, 2.45) is 5.92 Å². The second-order valence-electron chi connectivity index (χ2n) is 10.7. The third-order valence-electron chi connectivity index (χ3n) is 8.46. The van der Waals surface area contributed by atoms with Crippen LogP contribution in [0.1, 0.15) is 43.7 Å². The minimum absolute atomic E-state index is 0.0244. The van der Waals surface area contributed by atoms with Gasteiger partial charge in [0.15, 0.2) is 5.60 Å². The number of ether oxygens (including phenoxy) is 2. The lowest BCUT2D eigenvalue weighted by molar-refractivity contribution is -0.150. The van der Waals surface area contributed by atoms with Crippen LogP contribution in [0.25, 0.3) is 0 Å². The van der Waals surface area contributed by atoms with Crippen LogP contribution in [0.5, 0.6) is 0 Å². The highest BCUT2D eigenvalue weighted by Crippen LogP contribution is 2.53. The first-order valence-corrected chi connectivity index (χ1v) is 13.4. The fourth-order valence-electron chi connectivity index (χ4n) is 6.61. The van der Waals surface area contributed by atoms with Gasteiger partial charge in [0.2, 0.25) is 5.91 Å². The summed E-state index contributed by atoms with van der Waals surface area (Å²) in [5, 5.41) is 9.64. The molecule has 4 atom stereocenters. The Labute approximate surface area is 221 Å². The van der Waals surface area contributed by atoms with Crippen LogP contribution in [0.15, 0.2) is 48.5 Å². The molecule has 4 aliphatic heterocycles. The van der Waals surface area contributed by atoms with Gasteiger partial charge in [0.05, 0.1) is 44.0 Å². The van der Waals surface area contributed by atoms with Gasteiger partial charge in [-0.3, -0.25) is 14.5 Å². The van der Waals surface area contributed by atoms with Gasteiger partial charge in [-0.05, 0) is 43.0 Å². The molecule has 4 heterocycles. The molecular formula is C29H33N3O6. The molecule has 0 aliphatic carbocycles. The molecule has 0 aromatic heterocycles.